The largest absolute Gasteiger partial charge is 0.462 e. The zero-order chi connectivity index (χ0) is 22.7. The van der Waals surface area contributed by atoms with Gasteiger partial charge in [-0.3, -0.25) is 14.2 Å². The minimum atomic E-state index is -0.547. The zero-order valence-electron chi connectivity index (χ0n) is 17.0. The molecule has 0 atom stereocenters. The maximum atomic E-state index is 13.4. The number of ether oxygens (including phenoxy) is 1. The molecule has 7 nitrogen and oxygen atoms in total. The summed E-state index contributed by atoms with van der Waals surface area (Å²) in [5.41, 5.74) is 1.47. The molecule has 0 radical (unpaired) electrons. The fraction of sp³-hybridized carbons (Fsp3) is 0.130. The first-order valence-electron chi connectivity index (χ1n) is 9.76. The molecule has 4 aromatic rings. The predicted molar refractivity (Wildman–Crippen MR) is 120 cm³/mol. The molecule has 0 saturated heterocycles. The van der Waals surface area contributed by atoms with E-state index in [2.05, 4.69) is 10.3 Å². The third-order valence-corrected chi connectivity index (χ3v) is 5.60. The van der Waals surface area contributed by atoms with E-state index in [9.17, 15) is 18.8 Å². The van der Waals surface area contributed by atoms with E-state index >= 15 is 0 Å². The van der Waals surface area contributed by atoms with Crippen LogP contribution in [-0.2, 0) is 16.1 Å². The fourth-order valence-electron chi connectivity index (χ4n) is 3.25. The number of carbonyl (C=O) groups is 2. The highest BCUT2D eigenvalue weighted by molar-refractivity contribution is 7.15. The normalized spacial score (nSPS) is 10.8. The van der Waals surface area contributed by atoms with E-state index in [-0.39, 0.29) is 29.6 Å². The Morgan fingerprint density at radius 3 is 2.72 bits per heavy atom. The molecule has 2 aromatic carbocycles. The first-order chi connectivity index (χ1) is 15.5. The van der Waals surface area contributed by atoms with Gasteiger partial charge in [-0.15, -0.1) is 11.3 Å². The van der Waals surface area contributed by atoms with Crippen molar-refractivity contribution in [3.63, 3.8) is 0 Å². The second kappa shape index (κ2) is 9.11. The average molecular weight is 451 g/mol. The molecule has 162 valence electrons. The molecule has 0 unspecified atom stereocenters. The van der Waals surface area contributed by atoms with Gasteiger partial charge in [-0.25, -0.2) is 14.2 Å². The number of carbonyl (C=O) groups excluding carboxylic acids is 2. The highest BCUT2D eigenvalue weighted by Crippen LogP contribution is 2.36. The molecule has 0 fully saturated rings. The summed E-state index contributed by atoms with van der Waals surface area (Å²) < 4.78 is 19.7. The summed E-state index contributed by atoms with van der Waals surface area (Å²) in [4.78, 5) is 42.0. The smallest absolute Gasteiger partial charge is 0.341 e. The van der Waals surface area contributed by atoms with E-state index < -0.39 is 23.3 Å². The number of fused-ring (bicyclic) bond motifs is 1. The lowest BCUT2D eigenvalue weighted by molar-refractivity contribution is -0.116. The maximum Gasteiger partial charge on any atom is 0.341 e. The topological polar surface area (TPSA) is 90.3 Å². The zero-order valence-corrected chi connectivity index (χ0v) is 17.8. The molecule has 9 heteroatoms. The van der Waals surface area contributed by atoms with Gasteiger partial charge in [0.2, 0.25) is 5.91 Å². The van der Waals surface area contributed by atoms with E-state index in [4.69, 9.17) is 4.74 Å². The molecule has 32 heavy (non-hydrogen) atoms. The highest BCUT2D eigenvalue weighted by Gasteiger charge is 2.23. The van der Waals surface area contributed by atoms with Crippen molar-refractivity contribution in [3.05, 3.63) is 82.0 Å². The quantitative estimate of drug-likeness (QED) is 0.446. The Bertz CT molecular complexity index is 1360. The van der Waals surface area contributed by atoms with Gasteiger partial charge in [-0.2, -0.15) is 0 Å². The van der Waals surface area contributed by atoms with Crippen molar-refractivity contribution in [1.29, 1.82) is 0 Å². The van der Waals surface area contributed by atoms with Crippen LogP contribution in [0.25, 0.3) is 22.0 Å². The van der Waals surface area contributed by atoms with E-state index in [1.54, 1.807) is 12.3 Å². The second-order valence-electron chi connectivity index (χ2n) is 6.83. The van der Waals surface area contributed by atoms with Crippen molar-refractivity contribution in [2.45, 2.75) is 13.5 Å². The molecule has 0 spiro atoms. The molecule has 2 aromatic heterocycles. The van der Waals surface area contributed by atoms with Gasteiger partial charge in [-0.05, 0) is 24.6 Å². The molecule has 1 N–H and O–H groups in total. The van der Waals surface area contributed by atoms with Gasteiger partial charge in [-0.1, -0.05) is 30.3 Å². The molecule has 0 aliphatic heterocycles. The number of esters is 1. The molecule has 2 heterocycles. The lowest BCUT2D eigenvalue weighted by Crippen LogP contribution is -2.28. The van der Waals surface area contributed by atoms with Crippen molar-refractivity contribution < 1.29 is 18.7 Å². The van der Waals surface area contributed by atoms with Crippen LogP contribution >= 0.6 is 11.3 Å². The third-order valence-electron chi connectivity index (χ3n) is 4.71. The van der Waals surface area contributed by atoms with Crippen molar-refractivity contribution >= 4 is 39.1 Å². The Morgan fingerprint density at radius 2 is 1.97 bits per heavy atom. The van der Waals surface area contributed by atoms with Gasteiger partial charge >= 0.3 is 5.97 Å². The van der Waals surface area contributed by atoms with Crippen LogP contribution in [0.4, 0.5) is 9.39 Å². The van der Waals surface area contributed by atoms with Gasteiger partial charge in [0.05, 0.1) is 23.8 Å². The SMILES string of the molecule is CCOC(=O)c1c(-c2ccccc2)csc1NC(=O)Cn1cnc2cc(F)ccc2c1=O. The predicted octanol–water partition coefficient (Wildman–Crippen LogP) is 4.08. The summed E-state index contributed by atoms with van der Waals surface area (Å²) in [6.07, 6.45) is 1.19. The standard InChI is InChI=1S/C23H18FN3O4S/c1-2-31-23(30)20-17(14-6-4-3-5-7-14)12-32-21(20)26-19(28)11-27-13-25-18-10-15(24)8-9-16(18)22(27)29/h3-10,12-13H,2,11H2,1H3,(H,26,28). The molecular weight excluding hydrogens is 433 g/mol. The van der Waals surface area contributed by atoms with E-state index in [1.807, 2.05) is 30.3 Å². The second-order valence-corrected chi connectivity index (χ2v) is 7.71. The third kappa shape index (κ3) is 4.28. The number of anilines is 1. The number of benzene rings is 2. The highest BCUT2D eigenvalue weighted by atomic mass is 32.1. The minimum Gasteiger partial charge on any atom is -0.462 e. The first kappa shape index (κ1) is 21.4. The van der Waals surface area contributed by atoms with Gasteiger partial charge in [0.1, 0.15) is 22.9 Å². The van der Waals surface area contributed by atoms with Crippen LogP contribution in [0.5, 0.6) is 0 Å². The maximum absolute atomic E-state index is 13.4. The van der Waals surface area contributed by atoms with E-state index in [0.29, 0.717) is 10.6 Å². The van der Waals surface area contributed by atoms with Crippen LogP contribution in [0.1, 0.15) is 17.3 Å². The Labute approximate surface area is 186 Å². The number of amides is 1. The van der Waals surface area contributed by atoms with E-state index in [1.165, 1.54) is 23.7 Å². The van der Waals surface area contributed by atoms with Gasteiger partial charge in [0.25, 0.3) is 5.56 Å². The lowest BCUT2D eigenvalue weighted by atomic mass is 10.0. The van der Waals surface area contributed by atoms with Crippen LogP contribution in [0.15, 0.2) is 65.0 Å². The number of rotatable bonds is 6. The number of halogens is 1. The van der Waals surface area contributed by atoms with Crippen LogP contribution in [0.3, 0.4) is 0 Å². The summed E-state index contributed by atoms with van der Waals surface area (Å²) in [5.74, 6) is -1.56. The molecule has 0 saturated carbocycles. The fourth-order valence-corrected chi connectivity index (χ4v) is 4.22. The summed E-state index contributed by atoms with van der Waals surface area (Å²) in [6, 6.07) is 12.9. The molecule has 0 bridgehead atoms. The average Bonchev–Trinajstić information content (AvgIpc) is 3.20. The Kier molecular flexibility index (Phi) is 6.09. The summed E-state index contributed by atoms with van der Waals surface area (Å²) in [7, 11) is 0. The number of aromatic nitrogens is 2. The van der Waals surface area contributed by atoms with Gasteiger partial charge < -0.3 is 10.1 Å². The minimum absolute atomic E-state index is 0.190. The molecule has 0 aliphatic carbocycles. The van der Waals surface area contributed by atoms with Crippen LogP contribution in [0, 0.1) is 5.82 Å². The van der Waals surface area contributed by atoms with Gasteiger partial charge in [0, 0.05) is 17.0 Å². The van der Waals surface area contributed by atoms with Crippen LogP contribution in [0.2, 0.25) is 0 Å². The van der Waals surface area contributed by atoms with Crippen molar-refractivity contribution in [1.82, 2.24) is 9.55 Å². The molecular formula is C23H18FN3O4S. The monoisotopic (exact) mass is 451 g/mol. The molecule has 4 rings (SSSR count). The molecule has 1 amide bonds. The van der Waals surface area contributed by atoms with Crippen molar-refractivity contribution in [2.24, 2.45) is 0 Å². The molecule has 0 aliphatic rings. The number of nitrogens with zero attached hydrogens (tertiary/aromatic N) is 2. The van der Waals surface area contributed by atoms with Crippen LogP contribution in [-0.4, -0.2) is 28.0 Å². The van der Waals surface area contributed by atoms with Crippen molar-refractivity contribution in [2.75, 3.05) is 11.9 Å². The van der Waals surface area contributed by atoms with Crippen LogP contribution < -0.4 is 10.9 Å². The summed E-state index contributed by atoms with van der Waals surface area (Å²) in [6.45, 7) is 1.57. The summed E-state index contributed by atoms with van der Waals surface area (Å²) >= 11 is 1.19. The Balaban J connectivity index is 1.62. The van der Waals surface area contributed by atoms with E-state index in [0.717, 1.165) is 22.3 Å². The number of hydrogen-bond acceptors (Lipinski definition) is 6. The Hall–Kier alpha value is -3.85. The summed E-state index contributed by atoms with van der Waals surface area (Å²) in [5, 5.41) is 5.01. The number of nitrogens with one attached hydrogen (secondary N) is 1. The number of thiophene rings is 1. The van der Waals surface area contributed by atoms with Gasteiger partial charge in [0.15, 0.2) is 0 Å². The number of hydrogen-bond donors (Lipinski definition) is 1. The lowest BCUT2D eigenvalue weighted by Gasteiger charge is -2.10. The Morgan fingerprint density at radius 1 is 1.19 bits per heavy atom. The first-order valence-corrected chi connectivity index (χ1v) is 10.6. The van der Waals surface area contributed by atoms with Crippen molar-refractivity contribution in [3.8, 4) is 11.1 Å².